The zero-order valence-electron chi connectivity index (χ0n) is 16.6. The molecule has 0 aromatic heterocycles. The molecule has 0 radical (unpaired) electrons. The SMILES string of the molecule is Cc1ccc([C@@H](C)NC(=O)c2ccccc2NS(=O)(=O)c2ccc(C)cc2)cc1. The number of carbonyl (C=O) groups excluding carboxylic acids is 1. The number of rotatable bonds is 6. The highest BCUT2D eigenvalue weighted by molar-refractivity contribution is 7.92. The molecule has 2 N–H and O–H groups in total. The van der Waals surface area contributed by atoms with Crippen LogP contribution in [0.25, 0.3) is 0 Å². The predicted molar refractivity (Wildman–Crippen MR) is 115 cm³/mol. The third kappa shape index (κ3) is 5.03. The first kappa shape index (κ1) is 20.6. The molecule has 6 heteroatoms. The quantitative estimate of drug-likeness (QED) is 0.626. The van der Waals surface area contributed by atoms with Gasteiger partial charge in [0, 0.05) is 0 Å². The maximum Gasteiger partial charge on any atom is 0.261 e. The standard InChI is InChI=1S/C23H24N2O3S/c1-16-8-12-19(13-9-16)18(3)24-23(26)21-6-4-5-7-22(21)25-29(27,28)20-14-10-17(2)11-15-20/h4-15,18,25H,1-3H3,(H,24,26)/t18-/m1/s1. The van der Waals surface area contributed by atoms with E-state index in [2.05, 4.69) is 10.0 Å². The van der Waals surface area contributed by atoms with Gasteiger partial charge in [0.2, 0.25) is 0 Å². The molecule has 0 bridgehead atoms. The van der Waals surface area contributed by atoms with Gasteiger partial charge >= 0.3 is 0 Å². The molecule has 0 fully saturated rings. The van der Waals surface area contributed by atoms with Crippen LogP contribution in [0.2, 0.25) is 0 Å². The second-order valence-corrected chi connectivity index (χ2v) is 8.75. The smallest absolute Gasteiger partial charge is 0.261 e. The van der Waals surface area contributed by atoms with E-state index in [9.17, 15) is 13.2 Å². The third-order valence-corrected chi connectivity index (χ3v) is 6.05. The lowest BCUT2D eigenvalue weighted by Gasteiger charge is -2.17. The molecule has 29 heavy (non-hydrogen) atoms. The van der Waals surface area contributed by atoms with E-state index in [-0.39, 0.29) is 28.1 Å². The van der Waals surface area contributed by atoms with Crippen LogP contribution >= 0.6 is 0 Å². The molecular weight excluding hydrogens is 384 g/mol. The Labute approximate surface area is 171 Å². The van der Waals surface area contributed by atoms with E-state index in [1.165, 1.54) is 0 Å². The molecule has 1 amide bonds. The Morgan fingerprint density at radius 3 is 2.00 bits per heavy atom. The van der Waals surface area contributed by atoms with E-state index in [0.29, 0.717) is 0 Å². The molecule has 1 atom stereocenters. The van der Waals surface area contributed by atoms with Crippen molar-refractivity contribution in [1.29, 1.82) is 0 Å². The van der Waals surface area contributed by atoms with Crippen LogP contribution in [-0.2, 0) is 10.0 Å². The van der Waals surface area contributed by atoms with Gasteiger partial charge in [-0.05, 0) is 50.6 Å². The van der Waals surface area contributed by atoms with Gasteiger partial charge in [0.05, 0.1) is 22.2 Å². The van der Waals surface area contributed by atoms with Gasteiger partial charge in [-0.25, -0.2) is 8.42 Å². The van der Waals surface area contributed by atoms with Gasteiger partial charge in [0.25, 0.3) is 15.9 Å². The van der Waals surface area contributed by atoms with Crippen LogP contribution in [-0.4, -0.2) is 14.3 Å². The Kier molecular flexibility index (Phi) is 6.03. The van der Waals surface area contributed by atoms with Crippen LogP contribution in [0.15, 0.2) is 77.7 Å². The molecule has 3 aromatic rings. The second kappa shape index (κ2) is 8.49. The summed E-state index contributed by atoms with van der Waals surface area (Å²) in [5, 5.41) is 2.93. The van der Waals surface area contributed by atoms with E-state index in [0.717, 1.165) is 16.7 Å². The molecule has 0 unspecified atom stereocenters. The summed E-state index contributed by atoms with van der Waals surface area (Å²) < 4.78 is 28.0. The van der Waals surface area contributed by atoms with Crippen molar-refractivity contribution < 1.29 is 13.2 Å². The van der Waals surface area contributed by atoms with Gasteiger partial charge in [0.15, 0.2) is 0 Å². The van der Waals surface area contributed by atoms with Crippen LogP contribution in [0.5, 0.6) is 0 Å². The fourth-order valence-corrected chi connectivity index (χ4v) is 3.98. The number of aryl methyl sites for hydroxylation is 2. The molecule has 0 aliphatic rings. The molecule has 0 aliphatic heterocycles. The summed E-state index contributed by atoms with van der Waals surface area (Å²) >= 11 is 0. The van der Waals surface area contributed by atoms with Crippen LogP contribution in [0.4, 0.5) is 5.69 Å². The Morgan fingerprint density at radius 1 is 0.828 bits per heavy atom. The molecule has 150 valence electrons. The first-order chi connectivity index (χ1) is 13.8. The van der Waals surface area contributed by atoms with Crippen molar-refractivity contribution in [3.05, 3.63) is 95.1 Å². The summed E-state index contributed by atoms with van der Waals surface area (Å²) in [5.74, 6) is -0.347. The molecule has 0 saturated carbocycles. The highest BCUT2D eigenvalue weighted by Gasteiger charge is 2.19. The average Bonchev–Trinajstić information content (AvgIpc) is 2.69. The minimum absolute atomic E-state index is 0.145. The number of hydrogen-bond donors (Lipinski definition) is 2. The highest BCUT2D eigenvalue weighted by atomic mass is 32.2. The minimum Gasteiger partial charge on any atom is -0.345 e. The predicted octanol–water partition coefficient (Wildman–Crippen LogP) is 4.60. The number of hydrogen-bond acceptors (Lipinski definition) is 3. The molecule has 0 aliphatic carbocycles. The molecule has 0 heterocycles. The maximum atomic E-state index is 12.8. The van der Waals surface area contributed by atoms with E-state index in [1.54, 1.807) is 48.5 Å². The van der Waals surface area contributed by atoms with Crippen molar-refractivity contribution in [3.8, 4) is 0 Å². The zero-order valence-corrected chi connectivity index (χ0v) is 17.5. The summed E-state index contributed by atoms with van der Waals surface area (Å²) in [4.78, 5) is 13.0. The number of amides is 1. The lowest BCUT2D eigenvalue weighted by atomic mass is 10.1. The number of carbonyl (C=O) groups is 1. The fraction of sp³-hybridized carbons (Fsp3) is 0.174. The number of nitrogens with one attached hydrogen (secondary N) is 2. The van der Waals surface area contributed by atoms with Crippen molar-refractivity contribution in [2.45, 2.75) is 31.7 Å². The van der Waals surface area contributed by atoms with Crippen molar-refractivity contribution >= 4 is 21.6 Å². The van der Waals surface area contributed by atoms with Gasteiger partial charge in [-0.3, -0.25) is 9.52 Å². The average molecular weight is 409 g/mol. The lowest BCUT2D eigenvalue weighted by Crippen LogP contribution is -2.28. The Morgan fingerprint density at radius 2 is 1.38 bits per heavy atom. The van der Waals surface area contributed by atoms with Crippen LogP contribution < -0.4 is 10.0 Å². The van der Waals surface area contributed by atoms with Crippen LogP contribution in [0.1, 0.15) is 40.0 Å². The molecule has 5 nitrogen and oxygen atoms in total. The van der Waals surface area contributed by atoms with Crippen molar-refractivity contribution in [2.75, 3.05) is 4.72 Å². The molecule has 0 saturated heterocycles. The molecule has 3 aromatic carbocycles. The zero-order chi connectivity index (χ0) is 21.0. The maximum absolute atomic E-state index is 12.8. The summed E-state index contributed by atoms with van der Waals surface area (Å²) in [6, 6.07) is 20.8. The Bertz CT molecular complexity index is 1110. The monoisotopic (exact) mass is 408 g/mol. The van der Waals surface area contributed by atoms with Crippen LogP contribution in [0.3, 0.4) is 0 Å². The number of benzene rings is 3. The lowest BCUT2D eigenvalue weighted by molar-refractivity contribution is 0.0941. The first-order valence-corrected chi connectivity index (χ1v) is 10.8. The van der Waals surface area contributed by atoms with Crippen molar-refractivity contribution in [2.24, 2.45) is 0 Å². The molecular formula is C23H24N2O3S. The van der Waals surface area contributed by atoms with E-state index in [4.69, 9.17) is 0 Å². The molecule has 0 spiro atoms. The van der Waals surface area contributed by atoms with Crippen molar-refractivity contribution in [1.82, 2.24) is 5.32 Å². The second-order valence-electron chi connectivity index (χ2n) is 7.07. The summed E-state index contributed by atoms with van der Waals surface area (Å²) in [7, 11) is -3.80. The topological polar surface area (TPSA) is 75.3 Å². The van der Waals surface area contributed by atoms with E-state index < -0.39 is 10.0 Å². The Hall–Kier alpha value is -3.12. The van der Waals surface area contributed by atoms with Gasteiger partial charge in [-0.15, -0.1) is 0 Å². The molecule has 3 rings (SSSR count). The third-order valence-electron chi connectivity index (χ3n) is 4.67. The summed E-state index contributed by atoms with van der Waals surface area (Å²) in [5.41, 5.74) is 3.59. The minimum atomic E-state index is -3.80. The fourth-order valence-electron chi connectivity index (χ4n) is 2.90. The number of para-hydroxylation sites is 1. The van der Waals surface area contributed by atoms with Gasteiger partial charge < -0.3 is 5.32 Å². The van der Waals surface area contributed by atoms with Gasteiger partial charge in [-0.2, -0.15) is 0 Å². The number of anilines is 1. The Balaban J connectivity index is 1.81. The summed E-state index contributed by atoms with van der Waals surface area (Å²) in [6.45, 7) is 5.78. The van der Waals surface area contributed by atoms with Gasteiger partial charge in [0.1, 0.15) is 0 Å². The van der Waals surface area contributed by atoms with E-state index >= 15 is 0 Å². The van der Waals surface area contributed by atoms with Crippen LogP contribution in [0, 0.1) is 13.8 Å². The highest BCUT2D eigenvalue weighted by Crippen LogP contribution is 2.22. The summed E-state index contributed by atoms with van der Waals surface area (Å²) in [6.07, 6.45) is 0. The number of sulfonamides is 1. The van der Waals surface area contributed by atoms with E-state index in [1.807, 2.05) is 45.0 Å². The normalized spacial score (nSPS) is 12.2. The van der Waals surface area contributed by atoms with Gasteiger partial charge in [-0.1, -0.05) is 59.7 Å². The van der Waals surface area contributed by atoms with Crippen molar-refractivity contribution in [3.63, 3.8) is 0 Å². The first-order valence-electron chi connectivity index (χ1n) is 9.32. The largest absolute Gasteiger partial charge is 0.345 e.